The van der Waals surface area contributed by atoms with Crippen molar-refractivity contribution >= 4 is 33.3 Å². The lowest BCUT2D eigenvalue weighted by Crippen LogP contribution is -2.14. The molecule has 0 radical (unpaired) electrons. The average Bonchev–Trinajstić information content (AvgIpc) is 2.29. The first-order valence-corrected chi connectivity index (χ1v) is 7.59. The van der Waals surface area contributed by atoms with E-state index in [0.717, 1.165) is 17.8 Å². The average molecular weight is 313 g/mol. The van der Waals surface area contributed by atoms with E-state index in [2.05, 4.69) is 9.97 Å². The Bertz CT molecular complexity index is 816. The Morgan fingerprint density at radius 1 is 1.25 bits per heavy atom. The minimum atomic E-state index is -3.92. The number of benzene rings is 1. The van der Waals surface area contributed by atoms with Crippen molar-refractivity contribution in [3.8, 4) is 0 Å². The summed E-state index contributed by atoms with van der Waals surface area (Å²) >= 11 is 0.981. The molecule has 2 rings (SSSR count). The highest BCUT2D eigenvalue weighted by molar-refractivity contribution is 7.99. The number of hydrogen-bond acceptors (Lipinski definition) is 7. The summed E-state index contributed by atoms with van der Waals surface area (Å²) in [5.74, 6) is 0.0532. The number of aromatic amines is 1. The highest BCUT2D eigenvalue weighted by Gasteiger charge is 2.16. The number of sulfonamides is 1. The van der Waals surface area contributed by atoms with Crippen LogP contribution in [0, 0.1) is 0 Å². The molecule has 1 heterocycles. The van der Waals surface area contributed by atoms with Crippen LogP contribution in [0.25, 0.3) is 0 Å². The van der Waals surface area contributed by atoms with Crippen molar-refractivity contribution in [2.75, 3.05) is 11.5 Å². The van der Waals surface area contributed by atoms with Gasteiger partial charge in [0, 0.05) is 11.0 Å². The van der Waals surface area contributed by atoms with E-state index in [0.29, 0.717) is 4.90 Å². The second kappa shape index (κ2) is 5.15. The third kappa shape index (κ3) is 3.10. The summed E-state index contributed by atoms with van der Waals surface area (Å²) in [6.45, 7) is 0. The highest BCUT2D eigenvalue weighted by atomic mass is 32.2. The van der Waals surface area contributed by atoms with Crippen LogP contribution in [0.3, 0.4) is 0 Å². The Balaban J connectivity index is 2.47. The van der Waals surface area contributed by atoms with Gasteiger partial charge in [0.15, 0.2) is 5.16 Å². The smallest absolute Gasteiger partial charge is 0.253 e. The normalized spacial score (nSPS) is 11.4. The lowest BCUT2D eigenvalue weighted by Gasteiger charge is -2.08. The summed E-state index contributed by atoms with van der Waals surface area (Å²) < 4.78 is 22.7. The van der Waals surface area contributed by atoms with Crippen molar-refractivity contribution < 1.29 is 8.42 Å². The van der Waals surface area contributed by atoms with E-state index in [1.54, 1.807) is 6.07 Å². The van der Waals surface area contributed by atoms with E-state index in [-0.39, 0.29) is 21.6 Å². The third-order valence-electron chi connectivity index (χ3n) is 2.28. The van der Waals surface area contributed by atoms with E-state index in [4.69, 9.17) is 16.6 Å². The molecule has 0 atom stereocenters. The van der Waals surface area contributed by atoms with Crippen LogP contribution in [0.4, 0.5) is 11.5 Å². The number of nitrogens with zero attached hydrogens (tertiary/aromatic N) is 1. The zero-order valence-electron chi connectivity index (χ0n) is 10.0. The highest BCUT2D eigenvalue weighted by Crippen LogP contribution is 2.33. The molecule has 0 amide bonds. The number of nitrogens with one attached hydrogen (secondary N) is 1. The molecule has 2 aromatic rings. The quantitative estimate of drug-likeness (QED) is 0.448. The first kappa shape index (κ1) is 14.4. The van der Waals surface area contributed by atoms with Crippen LogP contribution in [-0.4, -0.2) is 18.4 Å². The van der Waals surface area contributed by atoms with Crippen LogP contribution in [0.15, 0.2) is 44.0 Å². The number of nitrogen functional groups attached to an aromatic ring is 2. The van der Waals surface area contributed by atoms with Crippen molar-refractivity contribution in [3.63, 3.8) is 0 Å². The van der Waals surface area contributed by atoms with Crippen molar-refractivity contribution in [1.29, 1.82) is 0 Å². The molecule has 0 spiro atoms. The number of hydrogen-bond donors (Lipinski definition) is 4. The molecule has 8 nitrogen and oxygen atoms in total. The number of aromatic nitrogens is 2. The lowest BCUT2D eigenvalue weighted by atomic mass is 10.3. The molecule has 10 heteroatoms. The lowest BCUT2D eigenvalue weighted by molar-refractivity contribution is 0.598. The van der Waals surface area contributed by atoms with Crippen LogP contribution in [-0.2, 0) is 10.0 Å². The fourth-order valence-corrected chi connectivity index (χ4v) is 3.09. The van der Waals surface area contributed by atoms with Crippen LogP contribution in [0.1, 0.15) is 0 Å². The summed E-state index contributed by atoms with van der Waals surface area (Å²) in [4.78, 5) is 17.9. The number of nitrogens with two attached hydrogens (primary N) is 3. The van der Waals surface area contributed by atoms with Gasteiger partial charge < -0.3 is 16.5 Å². The van der Waals surface area contributed by atoms with E-state index < -0.39 is 15.6 Å². The van der Waals surface area contributed by atoms with Crippen molar-refractivity contribution in [2.24, 2.45) is 5.14 Å². The molecule has 0 aliphatic rings. The van der Waals surface area contributed by atoms with Crippen molar-refractivity contribution in [2.45, 2.75) is 14.9 Å². The molecule has 0 aliphatic heterocycles. The van der Waals surface area contributed by atoms with Gasteiger partial charge in [-0.25, -0.2) is 18.5 Å². The molecule has 0 fully saturated rings. The van der Waals surface area contributed by atoms with Gasteiger partial charge in [-0.2, -0.15) is 0 Å². The Morgan fingerprint density at radius 2 is 1.95 bits per heavy atom. The number of H-pyrrole nitrogens is 1. The van der Waals surface area contributed by atoms with Gasteiger partial charge in [-0.1, -0.05) is 6.07 Å². The molecule has 1 aromatic heterocycles. The predicted octanol–water partition coefficient (Wildman–Crippen LogP) is -0.267. The largest absolute Gasteiger partial charge is 0.397 e. The molecule has 1 aromatic carbocycles. The van der Waals surface area contributed by atoms with Crippen molar-refractivity contribution in [1.82, 2.24) is 9.97 Å². The van der Waals surface area contributed by atoms with Crippen LogP contribution < -0.4 is 22.2 Å². The van der Waals surface area contributed by atoms with Gasteiger partial charge in [-0.15, -0.1) is 0 Å². The molecule has 7 N–H and O–H groups in total. The molecule has 0 saturated carbocycles. The Labute approximate surface area is 118 Å². The summed E-state index contributed by atoms with van der Waals surface area (Å²) in [7, 11) is -3.92. The standard InChI is InChI=1S/C10H11N5O3S2/c11-7-4-8(16)15-10(14-7)19-5-2-1-3-6(9(5)12)20(13,17)18/h1-4H,12H2,(H2,13,17,18)(H3,11,14,15,16). The maximum absolute atomic E-state index is 11.4. The molecular weight excluding hydrogens is 302 g/mol. The van der Waals surface area contributed by atoms with Crippen molar-refractivity contribution in [3.05, 3.63) is 34.6 Å². The predicted molar refractivity (Wildman–Crippen MR) is 75.6 cm³/mol. The van der Waals surface area contributed by atoms with Gasteiger partial charge in [0.2, 0.25) is 10.0 Å². The molecular formula is C10H11N5O3S2. The minimum absolute atomic E-state index is 0.00919. The molecule has 0 saturated heterocycles. The molecule has 106 valence electrons. The zero-order chi connectivity index (χ0) is 14.9. The number of anilines is 2. The number of rotatable bonds is 3. The van der Waals surface area contributed by atoms with Gasteiger partial charge in [0.05, 0.1) is 5.69 Å². The maximum Gasteiger partial charge on any atom is 0.253 e. The second-order valence-electron chi connectivity index (χ2n) is 3.79. The fourth-order valence-electron chi connectivity index (χ4n) is 1.47. The van der Waals surface area contributed by atoms with E-state index in [1.807, 2.05) is 0 Å². The van der Waals surface area contributed by atoms with Crippen LogP contribution in [0.5, 0.6) is 0 Å². The van der Waals surface area contributed by atoms with E-state index >= 15 is 0 Å². The topological polar surface area (TPSA) is 158 Å². The van der Waals surface area contributed by atoms with Gasteiger partial charge in [-0.3, -0.25) is 4.79 Å². The van der Waals surface area contributed by atoms with Crippen LogP contribution >= 0.6 is 11.8 Å². The number of para-hydroxylation sites is 1. The van der Waals surface area contributed by atoms with E-state index in [1.165, 1.54) is 12.1 Å². The SMILES string of the molecule is Nc1cc(=O)[nH]c(Sc2cccc(S(N)(=O)=O)c2N)n1. The van der Waals surface area contributed by atoms with Gasteiger partial charge >= 0.3 is 0 Å². The monoisotopic (exact) mass is 313 g/mol. The first-order valence-electron chi connectivity index (χ1n) is 5.23. The fraction of sp³-hybridized carbons (Fsp3) is 0. The summed E-state index contributed by atoms with van der Waals surface area (Å²) in [5.41, 5.74) is 10.8. The third-order valence-corrected chi connectivity index (χ3v) is 4.21. The summed E-state index contributed by atoms with van der Waals surface area (Å²) in [6.07, 6.45) is 0. The Hall–Kier alpha value is -2.04. The van der Waals surface area contributed by atoms with Crippen LogP contribution in [0.2, 0.25) is 0 Å². The Kier molecular flexibility index (Phi) is 3.70. The molecule has 20 heavy (non-hydrogen) atoms. The summed E-state index contributed by atoms with van der Waals surface area (Å²) in [5, 5.41) is 5.26. The van der Waals surface area contributed by atoms with Gasteiger partial charge in [-0.05, 0) is 23.9 Å². The van der Waals surface area contributed by atoms with Gasteiger partial charge in [0.25, 0.3) is 5.56 Å². The Morgan fingerprint density at radius 3 is 2.55 bits per heavy atom. The summed E-state index contributed by atoms with van der Waals surface area (Å²) in [6, 6.07) is 5.50. The second-order valence-corrected chi connectivity index (χ2v) is 6.35. The zero-order valence-corrected chi connectivity index (χ0v) is 11.7. The maximum atomic E-state index is 11.4. The minimum Gasteiger partial charge on any atom is -0.397 e. The first-order chi connectivity index (χ1) is 9.27. The van der Waals surface area contributed by atoms with Gasteiger partial charge in [0.1, 0.15) is 10.7 Å². The molecule has 0 bridgehead atoms. The van der Waals surface area contributed by atoms with E-state index in [9.17, 15) is 13.2 Å². The number of primary sulfonamides is 1. The molecule has 0 unspecified atom stereocenters. The molecule has 0 aliphatic carbocycles.